The zero-order chi connectivity index (χ0) is 50.5. The molecule has 5 aromatic rings. The van der Waals surface area contributed by atoms with Gasteiger partial charge in [-0.1, -0.05) is 12.1 Å². The number of carbonyl (C=O) groups excluding carboxylic acids is 6. The first kappa shape index (κ1) is 52.5. The van der Waals surface area contributed by atoms with Gasteiger partial charge in [-0.2, -0.15) is 9.98 Å². The number of nitrogens with zero attached hydrogens (tertiary/aromatic N) is 1. The van der Waals surface area contributed by atoms with Crippen molar-refractivity contribution in [2.75, 3.05) is 32.6 Å². The molecule has 1 heterocycles. The Kier molecular flexibility index (Phi) is 17.9. The SMILES string of the molecule is CC(=O)Oc1ccc(CC(=O)NCCOc2cc3cc(S(=O)(=O)NCP(=O)(O)Oc4ccc(C#N)c(F)c4)sc3cc2OCCNC(=O)Cc2ccc(OC(C)=O)c(OC(C)=O)c2)cc1OC(C)=O. The molecule has 0 radical (unpaired) electrons. The number of hydrogen-bond donors (Lipinski definition) is 4. The lowest BCUT2D eigenvalue weighted by molar-refractivity contribution is -0.134. The Morgan fingerprint density at radius 3 is 1.65 bits per heavy atom. The Morgan fingerprint density at radius 1 is 0.681 bits per heavy atom. The van der Waals surface area contributed by atoms with Gasteiger partial charge in [0, 0.05) is 44.5 Å². The molecule has 1 atom stereocenters. The fourth-order valence-electron chi connectivity index (χ4n) is 5.93. The van der Waals surface area contributed by atoms with E-state index >= 15 is 0 Å². The van der Waals surface area contributed by atoms with E-state index in [1.807, 2.05) is 4.72 Å². The molecule has 21 nitrogen and oxygen atoms in total. The summed E-state index contributed by atoms with van der Waals surface area (Å²) in [5.74, 6) is -4.94. The summed E-state index contributed by atoms with van der Waals surface area (Å²) in [4.78, 5) is 82.3. The van der Waals surface area contributed by atoms with Crippen LogP contribution in [0, 0.1) is 17.1 Å². The van der Waals surface area contributed by atoms with Gasteiger partial charge < -0.3 is 48.5 Å². The Morgan fingerprint density at radius 2 is 1.17 bits per heavy atom. The zero-order valence-electron chi connectivity index (χ0n) is 36.9. The molecule has 2 amide bonds. The maximum atomic E-state index is 14.0. The summed E-state index contributed by atoms with van der Waals surface area (Å²) < 4.78 is 92.9. The lowest BCUT2D eigenvalue weighted by atomic mass is 10.1. The van der Waals surface area contributed by atoms with Crippen LogP contribution in [0.15, 0.2) is 77.0 Å². The highest BCUT2D eigenvalue weighted by atomic mass is 32.2. The van der Waals surface area contributed by atoms with Gasteiger partial charge >= 0.3 is 31.5 Å². The van der Waals surface area contributed by atoms with Crippen LogP contribution in [0.5, 0.6) is 40.2 Å². The second kappa shape index (κ2) is 23.5. The van der Waals surface area contributed by atoms with Gasteiger partial charge in [-0.25, -0.2) is 17.4 Å². The summed E-state index contributed by atoms with van der Waals surface area (Å²) in [5.41, 5.74) is 0.506. The van der Waals surface area contributed by atoms with E-state index in [2.05, 4.69) is 10.6 Å². The Labute approximate surface area is 396 Å². The van der Waals surface area contributed by atoms with Gasteiger partial charge in [-0.3, -0.25) is 28.8 Å². The number of sulfonamides is 1. The van der Waals surface area contributed by atoms with Gasteiger partial charge in [0.1, 0.15) is 41.3 Å². The number of hydrogen-bond acceptors (Lipinski definition) is 18. The van der Waals surface area contributed by atoms with Crippen LogP contribution < -0.4 is 48.3 Å². The smallest absolute Gasteiger partial charge is 0.391 e. The summed E-state index contributed by atoms with van der Waals surface area (Å²) in [6.07, 6.45) is -1.44. The van der Waals surface area contributed by atoms with Crippen LogP contribution in [-0.4, -0.2) is 81.6 Å². The standard InChI is InChI=1S/C44H42FN4O17PS2/c1-25(50)62-35-9-5-29(15-39(35)64-27(3)52)17-42(54)47-11-13-60-37-19-32-20-44(69(58,59)49-24-67(56,57)66-33-8-7-31(23-46)34(45)21-33)68-41(32)22-38(37)61-14-12-48-43(55)18-30-6-10-36(63-26(2)51)40(16-30)65-28(4)53/h5-10,15-16,19-22,49H,11-14,17-18,24H2,1-4H3,(H,47,54)(H,48,55)(H,56,57). The van der Waals surface area contributed by atoms with E-state index in [0.29, 0.717) is 27.3 Å². The van der Waals surface area contributed by atoms with E-state index < -0.39 is 71.2 Å². The number of nitriles is 1. The van der Waals surface area contributed by atoms with Crippen molar-refractivity contribution in [3.63, 3.8) is 0 Å². The number of fused-ring (bicyclic) bond motifs is 1. The number of esters is 4. The predicted molar refractivity (Wildman–Crippen MR) is 241 cm³/mol. The van der Waals surface area contributed by atoms with E-state index in [1.54, 1.807) is 6.07 Å². The largest absolute Gasteiger partial charge is 0.488 e. The zero-order valence-corrected chi connectivity index (χ0v) is 39.5. The molecule has 4 aromatic carbocycles. The lowest BCUT2D eigenvalue weighted by Gasteiger charge is -2.14. The first-order valence-corrected chi connectivity index (χ1v) is 24.2. The average molecular weight is 1010 g/mol. The number of thiophene rings is 1. The molecule has 0 aliphatic heterocycles. The van der Waals surface area contributed by atoms with Crippen LogP contribution >= 0.6 is 18.9 Å². The van der Waals surface area contributed by atoms with Gasteiger partial charge in [0.2, 0.25) is 11.8 Å². The molecule has 0 aliphatic rings. The summed E-state index contributed by atoms with van der Waals surface area (Å²) >= 11 is 0.767. The third-order valence-electron chi connectivity index (χ3n) is 8.71. The van der Waals surface area contributed by atoms with E-state index in [9.17, 15) is 51.0 Å². The number of ether oxygens (including phenoxy) is 6. The van der Waals surface area contributed by atoms with E-state index in [0.717, 1.165) is 37.3 Å². The predicted octanol–water partition coefficient (Wildman–Crippen LogP) is 4.59. The fraction of sp³-hybridized carbons (Fsp3) is 0.250. The molecule has 0 fully saturated rings. The highest BCUT2D eigenvalue weighted by Crippen LogP contribution is 2.43. The van der Waals surface area contributed by atoms with Gasteiger partial charge in [0.25, 0.3) is 10.0 Å². The maximum absolute atomic E-state index is 14.0. The first-order valence-electron chi connectivity index (χ1n) is 20.2. The summed E-state index contributed by atoms with van der Waals surface area (Å²) in [6, 6.07) is 17.1. The molecule has 69 heavy (non-hydrogen) atoms. The molecule has 25 heteroatoms. The molecular formula is C44H42FN4O17PS2. The van der Waals surface area contributed by atoms with Crippen molar-refractivity contribution in [1.29, 1.82) is 5.26 Å². The molecular weight excluding hydrogens is 971 g/mol. The molecule has 0 bridgehead atoms. The van der Waals surface area contributed by atoms with Gasteiger partial charge in [-0.05, 0) is 65.0 Å². The number of nitrogens with one attached hydrogen (secondary N) is 3. The molecule has 0 saturated heterocycles. The fourth-order valence-corrected chi connectivity index (χ4v) is 9.88. The van der Waals surface area contributed by atoms with Crippen LogP contribution in [0.25, 0.3) is 10.1 Å². The average Bonchev–Trinajstić information content (AvgIpc) is 3.68. The van der Waals surface area contributed by atoms with Crippen LogP contribution in [0.4, 0.5) is 4.39 Å². The van der Waals surface area contributed by atoms with E-state index in [4.69, 9.17) is 38.2 Å². The summed E-state index contributed by atoms with van der Waals surface area (Å²) in [6.45, 7) is 4.32. The van der Waals surface area contributed by atoms with Crippen molar-refractivity contribution < 1.29 is 84.0 Å². The number of amides is 2. The summed E-state index contributed by atoms with van der Waals surface area (Å²) in [7, 11) is -9.21. The highest BCUT2D eigenvalue weighted by Gasteiger charge is 2.28. The van der Waals surface area contributed by atoms with Crippen molar-refractivity contribution in [1.82, 2.24) is 15.4 Å². The molecule has 1 unspecified atom stereocenters. The number of benzene rings is 4. The third kappa shape index (κ3) is 16.1. The van der Waals surface area contributed by atoms with Crippen molar-refractivity contribution in [2.24, 2.45) is 0 Å². The second-order valence-corrected chi connectivity index (χ2v) is 19.2. The van der Waals surface area contributed by atoms with Gasteiger partial charge in [0.05, 0.1) is 31.5 Å². The molecule has 1 aromatic heterocycles. The van der Waals surface area contributed by atoms with Crippen LogP contribution in [-0.2, 0) is 56.2 Å². The number of carbonyl (C=O) groups is 6. The molecule has 0 saturated carbocycles. The number of halogens is 1. The minimum Gasteiger partial charge on any atom is -0.488 e. The van der Waals surface area contributed by atoms with Crippen LogP contribution in [0.1, 0.15) is 44.4 Å². The molecule has 5 rings (SSSR count). The van der Waals surface area contributed by atoms with Gasteiger partial charge in [0.15, 0.2) is 34.5 Å². The second-order valence-electron chi connectivity index (χ2n) is 14.4. The Hall–Kier alpha value is -7.42. The van der Waals surface area contributed by atoms with Crippen LogP contribution in [0.2, 0.25) is 0 Å². The maximum Gasteiger partial charge on any atom is 0.391 e. The van der Waals surface area contributed by atoms with Crippen LogP contribution in [0.3, 0.4) is 0 Å². The highest BCUT2D eigenvalue weighted by molar-refractivity contribution is 7.92. The lowest BCUT2D eigenvalue weighted by Crippen LogP contribution is -2.30. The summed E-state index contributed by atoms with van der Waals surface area (Å²) in [5, 5.41) is 14.6. The van der Waals surface area contributed by atoms with Crippen molar-refractivity contribution >= 4 is 74.7 Å². The van der Waals surface area contributed by atoms with Crippen molar-refractivity contribution in [3.05, 3.63) is 95.3 Å². The van der Waals surface area contributed by atoms with E-state index in [-0.39, 0.29) is 83.4 Å². The molecule has 0 aliphatic carbocycles. The number of rotatable bonds is 22. The first-order chi connectivity index (χ1) is 32.6. The minimum atomic E-state index is -4.74. The molecule has 4 N–H and O–H groups in total. The van der Waals surface area contributed by atoms with Crippen molar-refractivity contribution in [3.8, 4) is 46.3 Å². The topological polar surface area (TPSA) is 298 Å². The normalized spacial score (nSPS) is 11.8. The minimum absolute atomic E-state index is 0.0136. The molecule has 364 valence electrons. The monoisotopic (exact) mass is 1010 g/mol. The van der Waals surface area contributed by atoms with Gasteiger partial charge in [-0.15, -0.1) is 11.3 Å². The molecule has 0 spiro atoms. The van der Waals surface area contributed by atoms with E-state index in [1.165, 1.54) is 68.4 Å². The van der Waals surface area contributed by atoms with Crippen molar-refractivity contribution in [2.45, 2.75) is 44.7 Å². The third-order valence-corrected chi connectivity index (χ3v) is 13.0. The quantitative estimate of drug-likeness (QED) is 0.0319. The Balaban J connectivity index is 1.27. The Bertz CT molecular complexity index is 2870.